The molecule has 2 aromatic rings. The maximum atomic E-state index is 12.7. The first-order valence-corrected chi connectivity index (χ1v) is 10.2. The van der Waals surface area contributed by atoms with Crippen LogP contribution in [0.4, 0.5) is 0 Å². The van der Waals surface area contributed by atoms with Crippen LogP contribution in [0.3, 0.4) is 0 Å². The van der Waals surface area contributed by atoms with E-state index in [1.165, 1.54) is 37.7 Å². The van der Waals surface area contributed by atoms with Crippen LogP contribution in [0.25, 0.3) is 0 Å². The molecular formula is C24H30O4. The van der Waals surface area contributed by atoms with Crippen LogP contribution in [0.5, 0.6) is 11.5 Å². The molecule has 0 aliphatic heterocycles. The molecule has 0 spiro atoms. The van der Waals surface area contributed by atoms with Crippen LogP contribution in [-0.4, -0.2) is 23.3 Å². The van der Waals surface area contributed by atoms with Crippen molar-refractivity contribution in [1.29, 1.82) is 0 Å². The Bertz CT molecular complexity index is 760. The Balaban J connectivity index is 1.76. The lowest BCUT2D eigenvalue weighted by atomic mass is 9.84. The van der Waals surface area contributed by atoms with Gasteiger partial charge in [0.05, 0.1) is 6.61 Å². The lowest BCUT2D eigenvalue weighted by Crippen LogP contribution is -2.45. The lowest BCUT2D eigenvalue weighted by molar-refractivity contribution is -0.160. The number of esters is 1. The summed E-state index contributed by atoms with van der Waals surface area (Å²) in [6, 6.07) is 15.0. The number of ether oxygens (including phenoxy) is 2. The Morgan fingerprint density at radius 1 is 1.04 bits per heavy atom. The molecule has 1 aliphatic rings. The first-order valence-electron chi connectivity index (χ1n) is 10.2. The normalized spacial score (nSPS) is 16.9. The van der Waals surface area contributed by atoms with Crippen molar-refractivity contribution < 1.29 is 19.4 Å². The average molecular weight is 383 g/mol. The molecule has 0 radical (unpaired) electrons. The summed E-state index contributed by atoms with van der Waals surface area (Å²) < 4.78 is 11.4. The van der Waals surface area contributed by atoms with Crippen molar-refractivity contribution in [2.75, 3.05) is 6.61 Å². The number of hydrogen-bond acceptors (Lipinski definition) is 4. The van der Waals surface area contributed by atoms with Gasteiger partial charge in [-0.15, -0.1) is 0 Å². The van der Waals surface area contributed by atoms with E-state index in [0.29, 0.717) is 24.7 Å². The van der Waals surface area contributed by atoms with Crippen LogP contribution in [-0.2, 0) is 16.0 Å². The number of phenols is 1. The molecule has 1 saturated carbocycles. The van der Waals surface area contributed by atoms with Crippen molar-refractivity contribution >= 4 is 5.97 Å². The molecule has 4 nitrogen and oxygen atoms in total. The van der Waals surface area contributed by atoms with E-state index in [-0.39, 0.29) is 11.7 Å². The first-order chi connectivity index (χ1) is 13.5. The molecule has 1 fully saturated rings. The maximum absolute atomic E-state index is 12.7. The molecule has 2 aromatic carbocycles. The minimum atomic E-state index is -1.14. The molecule has 0 saturated heterocycles. The largest absolute Gasteiger partial charge is 0.508 e. The molecule has 0 amide bonds. The highest BCUT2D eigenvalue weighted by atomic mass is 16.6. The van der Waals surface area contributed by atoms with Gasteiger partial charge in [-0.3, -0.25) is 0 Å². The van der Waals surface area contributed by atoms with Crippen LogP contribution in [0.2, 0.25) is 0 Å². The summed E-state index contributed by atoms with van der Waals surface area (Å²) in [6.45, 7) is 3.85. The van der Waals surface area contributed by atoms with Crippen molar-refractivity contribution in [1.82, 2.24) is 0 Å². The summed E-state index contributed by atoms with van der Waals surface area (Å²) in [5, 5.41) is 9.49. The quantitative estimate of drug-likeness (QED) is 0.653. The van der Waals surface area contributed by atoms with E-state index in [1.54, 1.807) is 38.1 Å². The van der Waals surface area contributed by atoms with Gasteiger partial charge in [-0.25, -0.2) is 4.79 Å². The van der Waals surface area contributed by atoms with E-state index >= 15 is 0 Å². The number of carbonyl (C=O) groups is 1. The lowest BCUT2D eigenvalue weighted by Gasteiger charge is -2.29. The Hall–Kier alpha value is -2.49. The predicted molar refractivity (Wildman–Crippen MR) is 110 cm³/mol. The van der Waals surface area contributed by atoms with Crippen molar-refractivity contribution in [3.05, 3.63) is 59.7 Å². The highest BCUT2D eigenvalue weighted by Gasteiger charge is 2.37. The fourth-order valence-corrected chi connectivity index (χ4v) is 3.94. The zero-order valence-corrected chi connectivity index (χ0v) is 16.8. The van der Waals surface area contributed by atoms with E-state index in [1.807, 2.05) is 12.1 Å². The number of rotatable bonds is 7. The molecule has 150 valence electrons. The number of benzene rings is 2. The van der Waals surface area contributed by atoms with Crippen molar-refractivity contribution in [3.8, 4) is 11.5 Å². The summed E-state index contributed by atoms with van der Waals surface area (Å²) in [4.78, 5) is 12.7. The van der Waals surface area contributed by atoms with E-state index in [0.717, 1.165) is 5.56 Å². The average Bonchev–Trinajstić information content (AvgIpc) is 2.71. The molecule has 0 heterocycles. The first kappa shape index (κ1) is 20.2. The van der Waals surface area contributed by atoms with Gasteiger partial charge in [0.15, 0.2) is 0 Å². The van der Waals surface area contributed by atoms with E-state index in [2.05, 4.69) is 12.1 Å². The summed E-state index contributed by atoms with van der Waals surface area (Å²) in [5.74, 6) is 1.10. The van der Waals surface area contributed by atoms with Crippen LogP contribution >= 0.6 is 0 Å². The molecule has 0 bridgehead atoms. The smallest absolute Gasteiger partial charge is 0.350 e. The molecule has 3 rings (SSSR count). The fourth-order valence-electron chi connectivity index (χ4n) is 3.94. The highest BCUT2D eigenvalue weighted by Crippen LogP contribution is 2.34. The van der Waals surface area contributed by atoms with Gasteiger partial charge in [0, 0.05) is 6.42 Å². The Labute approximate surface area is 167 Å². The third-order valence-electron chi connectivity index (χ3n) is 5.48. The molecule has 1 atom stereocenters. The number of phenolic OH excluding ortho intramolecular Hbond substituents is 1. The molecule has 4 heteroatoms. The molecule has 0 aromatic heterocycles. The molecular weight excluding hydrogens is 352 g/mol. The van der Waals surface area contributed by atoms with Gasteiger partial charge >= 0.3 is 5.97 Å². The second-order valence-electron chi connectivity index (χ2n) is 7.80. The SMILES string of the molecule is CCOC(=O)C(C)(Cc1ccc(O)cc1)Oc1ccc(C2CCCCC2)cc1. The third kappa shape index (κ3) is 5.06. The molecule has 1 aliphatic carbocycles. The monoisotopic (exact) mass is 382 g/mol. The maximum Gasteiger partial charge on any atom is 0.350 e. The minimum absolute atomic E-state index is 0.195. The summed E-state index contributed by atoms with van der Waals surface area (Å²) >= 11 is 0. The van der Waals surface area contributed by atoms with Crippen LogP contribution in [0, 0.1) is 0 Å². The standard InChI is InChI=1S/C24H30O4/c1-3-27-23(26)24(2,17-18-9-13-21(25)14-10-18)28-22-15-11-20(12-16-22)19-7-5-4-6-8-19/h9-16,19,25H,3-8,17H2,1-2H3. The van der Waals surface area contributed by atoms with Gasteiger partial charge in [-0.2, -0.15) is 0 Å². The Kier molecular flexibility index (Phi) is 6.61. The molecule has 1 N–H and O–H groups in total. The van der Waals surface area contributed by atoms with Crippen LogP contribution in [0.15, 0.2) is 48.5 Å². The van der Waals surface area contributed by atoms with Crippen LogP contribution in [0.1, 0.15) is 63.0 Å². The van der Waals surface area contributed by atoms with Gasteiger partial charge in [0.1, 0.15) is 11.5 Å². The second-order valence-corrected chi connectivity index (χ2v) is 7.80. The molecule has 1 unspecified atom stereocenters. The van der Waals surface area contributed by atoms with Gasteiger partial charge in [-0.05, 0) is 68.0 Å². The van der Waals surface area contributed by atoms with Gasteiger partial charge in [0.25, 0.3) is 0 Å². The minimum Gasteiger partial charge on any atom is -0.508 e. The van der Waals surface area contributed by atoms with Crippen molar-refractivity contribution in [2.45, 2.75) is 63.9 Å². The zero-order chi connectivity index (χ0) is 20.0. The molecule has 28 heavy (non-hydrogen) atoms. The number of carbonyl (C=O) groups excluding carboxylic acids is 1. The topological polar surface area (TPSA) is 55.8 Å². The van der Waals surface area contributed by atoms with Crippen LogP contribution < -0.4 is 4.74 Å². The predicted octanol–water partition coefficient (Wildman–Crippen LogP) is 5.38. The van der Waals surface area contributed by atoms with E-state index in [4.69, 9.17) is 9.47 Å². The highest BCUT2D eigenvalue weighted by molar-refractivity contribution is 5.80. The van der Waals surface area contributed by atoms with Crippen molar-refractivity contribution in [2.24, 2.45) is 0 Å². The summed E-state index contributed by atoms with van der Waals surface area (Å²) in [5.41, 5.74) is 1.11. The fraction of sp³-hybridized carbons (Fsp3) is 0.458. The zero-order valence-electron chi connectivity index (χ0n) is 16.8. The van der Waals surface area contributed by atoms with Gasteiger partial charge in [-0.1, -0.05) is 43.5 Å². The van der Waals surface area contributed by atoms with E-state index in [9.17, 15) is 9.90 Å². The Morgan fingerprint density at radius 2 is 1.68 bits per heavy atom. The third-order valence-corrected chi connectivity index (χ3v) is 5.48. The second kappa shape index (κ2) is 9.13. The van der Waals surface area contributed by atoms with Crippen molar-refractivity contribution in [3.63, 3.8) is 0 Å². The van der Waals surface area contributed by atoms with Gasteiger partial charge < -0.3 is 14.6 Å². The number of hydrogen-bond donors (Lipinski definition) is 1. The van der Waals surface area contributed by atoms with Gasteiger partial charge in [0.2, 0.25) is 5.60 Å². The summed E-state index contributed by atoms with van der Waals surface area (Å²) in [6.07, 6.45) is 6.81. The van der Waals surface area contributed by atoms with E-state index < -0.39 is 5.60 Å². The Morgan fingerprint density at radius 3 is 2.29 bits per heavy atom. The number of aromatic hydroxyl groups is 1. The summed E-state index contributed by atoms with van der Waals surface area (Å²) in [7, 11) is 0.